The van der Waals surface area contributed by atoms with Crippen LogP contribution in [0.15, 0.2) is 0 Å². The van der Waals surface area contributed by atoms with Gasteiger partial charge in [0.05, 0.1) is 0 Å². The van der Waals surface area contributed by atoms with Gasteiger partial charge in [0.15, 0.2) is 0 Å². The second-order valence-electron chi connectivity index (χ2n) is 5.44. The van der Waals surface area contributed by atoms with E-state index in [-0.39, 0.29) is 12.6 Å². The predicted molar refractivity (Wildman–Crippen MR) is 71.6 cm³/mol. The molecule has 0 aromatic rings. The van der Waals surface area contributed by atoms with E-state index in [1.54, 1.807) is 0 Å². The molecular formula is C13H26N2O3. The van der Waals surface area contributed by atoms with Gasteiger partial charge in [-0.1, -0.05) is 26.2 Å². The highest BCUT2D eigenvalue weighted by Gasteiger charge is 2.27. The van der Waals surface area contributed by atoms with Crippen molar-refractivity contribution in [3.8, 4) is 0 Å². The molecule has 0 rings (SSSR count). The first-order valence-corrected chi connectivity index (χ1v) is 6.56. The second-order valence-corrected chi connectivity index (χ2v) is 5.44. The Labute approximate surface area is 110 Å². The summed E-state index contributed by atoms with van der Waals surface area (Å²) in [6.45, 7) is 7.94. The average molecular weight is 258 g/mol. The van der Waals surface area contributed by atoms with E-state index in [4.69, 9.17) is 5.11 Å². The third-order valence-electron chi connectivity index (χ3n) is 2.65. The van der Waals surface area contributed by atoms with Crippen molar-refractivity contribution < 1.29 is 14.7 Å². The Hall–Kier alpha value is -1.26. The van der Waals surface area contributed by atoms with E-state index in [1.165, 1.54) is 4.90 Å². The van der Waals surface area contributed by atoms with Crippen molar-refractivity contribution in [3.05, 3.63) is 0 Å². The smallest absolute Gasteiger partial charge is 0.323 e. The van der Waals surface area contributed by atoms with Gasteiger partial charge in [-0.05, 0) is 27.2 Å². The van der Waals surface area contributed by atoms with Crippen LogP contribution in [0.4, 0.5) is 4.79 Å². The van der Waals surface area contributed by atoms with Crippen LogP contribution in [0.1, 0.15) is 53.4 Å². The fraction of sp³-hybridized carbons (Fsp3) is 0.846. The second kappa shape index (κ2) is 7.95. The molecule has 0 heterocycles. The highest BCUT2D eigenvalue weighted by atomic mass is 16.4. The molecule has 0 aromatic carbocycles. The third kappa shape index (κ3) is 7.14. The zero-order chi connectivity index (χ0) is 14.2. The van der Waals surface area contributed by atoms with Crippen LogP contribution in [-0.2, 0) is 4.79 Å². The van der Waals surface area contributed by atoms with Gasteiger partial charge in [0.1, 0.15) is 6.54 Å². The van der Waals surface area contributed by atoms with Gasteiger partial charge in [-0.25, -0.2) is 4.79 Å². The molecule has 0 aliphatic rings. The van der Waals surface area contributed by atoms with Crippen molar-refractivity contribution in [3.63, 3.8) is 0 Å². The number of amides is 2. The lowest BCUT2D eigenvalue weighted by atomic mass is 10.1. The number of hydrogen-bond donors (Lipinski definition) is 2. The van der Waals surface area contributed by atoms with Gasteiger partial charge in [-0.2, -0.15) is 0 Å². The van der Waals surface area contributed by atoms with Crippen LogP contribution in [0.5, 0.6) is 0 Å². The molecule has 18 heavy (non-hydrogen) atoms. The fourth-order valence-corrected chi connectivity index (χ4v) is 1.59. The number of urea groups is 1. The normalized spacial score (nSPS) is 11.1. The summed E-state index contributed by atoms with van der Waals surface area (Å²) in [6, 6.07) is -0.304. The molecule has 0 fully saturated rings. The Morgan fingerprint density at radius 1 is 1.17 bits per heavy atom. The van der Waals surface area contributed by atoms with Crippen LogP contribution >= 0.6 is 0 Å². The molecule has 0 aliphatic carbocycles. The molecule has 0 bridgehead atoms. The van der Waals surface area contributed by atoms with Gasteiger partial charge >= 0.3 is 12.0 Å². The van der Waals surface area contributed by atoms with Gasteiger partial charge in [-0.3, -0.25) is 4.79 Å². The van der Waals surface area contributed by atoms with Crippen LogP contribution in [0.3, 0.4) is 0 Å². The number of nitrogens with one attached hydrogen (secondary N) is 1. The first kappa shape index (κ1) is 16.7. The van der Waals surface area contributed by atoms with Gasteiger partial charge in [0, 0.05) is 12.1 Å². The van der Waals surface area contributed by atoms with E-state index >= 15 is 0 Å². The van der Waals surface area contributed by atoms with Gasteiger partial charge in [0.25, 0.3) is 0 Å². The monoisotopic (exact) mass is 258 g/mol. The molecule has 0 saturated heterocycles. The predicted octanol–water partition coefficient (Wildman–Crippen LogP) is 2.46. The molecule has 0 aliphatic heterocycles. The minimum absolute atomic E-state index is 0.274. The highest BCUT2D eigenvalue weighted by Crippen LogP contribution is 2.12. The van der Waals surface area contributed by atoms with Crippen LogP contribution in [0.2, 0.25) is 0 Å². The molecular weight excluding hydrogens is 232 g/mol. The number of rotatable bonds is 7. The van der Waals surface area contributed by atoms with E-state index in [0.29, 0.717) is 6.54 Å². The topological polar surface area (TPSA) is 69.6 Å². The fourth-order valence-electron chi connectivity index (χ4n) is 1.59. The number of carbonyl (C=O) groups excluding carboxylic acids is 1. The molecule has 0 spiro atoms. The van der Waals surface area contributed by atoms with Crippen molar-refractivity contribution in [2.24, 2.45) is 0 Å². The molecule has 0 saturated carbocycles. The van der Waals surface area contributed by atoms with E-state index in [2.05, 4.69) is 12.2 Å². The highest BCUT2D eigenvalue weighted by molar-refractivity contribution is 5.80. The molecule has 106 valence electrons. The lowest BCUT2D eigenvalue weighted by molar-refractivity contribution is -0.138. The molecule has 0 unspecified atom stereocenters. The van der Waals surface area contributed by atoms with Gasteiger partial charge < -0.3 is 15.3 Å². The van der Waals surface area contributed by atoms with Crippen LogP contribution in [-0.4, -0.2) is 40.6 Å². The van der Waals surface area contributed by atoms with Gasteiger partial charge in [-0.15, -0.1) is 0 Å². The van der Waals surface area contributed by atoms with Crippen molar-refractivity contribution in [2.45, 2.75) is 58.9 Å². The Bertz CT molecular complexity index is 272. The number of unbranched alkanes of at least 4 members (excludes halogenated alkanes) is 3. The summed E-state index contributed by atoms with van der Waals surface area (Å²) in [4.78, 5) is 24.0. The zero-order valence-electron chi connectivity index (χ0n) is 12.0. The lowest BCUT2D eigenvalue weighted by Crippen LogP contribution is -2.52. The van der Waals surface area contributed by atoms with E-state index in [9.17, 15) is 9.59 Å². The molecule has 5 heteroatoms. The van der Waals surface area contributed by atoms with Crippen molar-refractivity contribution >= 4 is 12.0 Å². The van der Waals surface area contributed by atoms with Crippen LogP contribution in [0.25, 0.3) is 0 Å². The molecule has 0 atom stereocenters. The largest absolute Gasteiger partial charge is 0.480 e. The summed E-state index contributed by atoms with van der Waals surface area (Å²) in [6.07, 6.45) is 4.34. The Morgan fingerprint density at radius 3 is 2.22 bits per heavy atom. The summed E-state index contributed by atoms with van der Waals surface area (Å²) < 4.78 is 0. The van der Waals surface area contributed by atoms with Crippen molar-refractivity contribution in [1.29, 1.82) is 0 Å². The summed E-state index contributed by atoms with van der Waals surface area (Å²) in [5.41, 5.74) is -0.494. The summed E-state index contributed by atoms with van der Waals surface area (Å²) in [5.74, 6) is -0.994. The summed E-state index contributed by atoms with van der Waals surface area (Å²) in [7, 11) is 0. The third-order valence-corrected chi connectivity index (χ3v) is 2.65. The first-order valence-electron chi connectivity index (χ1n) is 6.56. The molecule has 0 radical (unpaired) electrons. The number of aliphatic carboxylic acids is 1. The summed E-state index contributed by atoms with van der Waals surface area (Å²) >= 11 is 0. The number of nitrogens with zero attached hydrogens (tertiary/aromatic N) is 1. The Balaban J connectivity index is 4.19. The van der Waals surface area contributed by atoms with Crippen LogP contribution < -0.4 is 5.32 Å². The standard InChI is InChI=1S/C13H26N2O3/c1-5-6-7-8-9-14-12(18)15(10-11(16)17)13(2,3)4/h5-10H2,1-4H3,(H,14,18)(H,16,17). The Kier molecular flexibility index (Phi) is 7.39. The molecule has 2 N–H and O–H groups in total. The average Bonchev–Trinajstić information content (AvgIpc) is 2.23. The number of carbonyl (C=O) groups is 2. The number of hydrogen-bond acceptors (Lipinski definition) is 2. The number of carboxylic acid groups (broad SMARTS) is 1. The lowest BCUT2D eigenvalue weighted by Gasteiger charge is -2.34. The SMILES string of the molecule is CCCCCCNC(=O)N(CC(=O)O)C(C)(C)C. The zero-order valence-corrected chi connectivity index (χ0v) is 12.0. The van der Waals surface area contributed by atoms with Crippen LogP contribution in [0, 0.1) is 0 Å². The van der Waals surface area contributed by atoms with Gasteiger partial charge in [0.2, 0.25) is 0 Å². The molecule has 5 nitrogen and oxygen atoms in total. The maximum absolute atomic E-state index is 11.9. The maximum atomic E-state index is 11.9. The van der Waals surface area contributed by atoms with E-state index < -0.39 is 11.5 Å². The number of carboxylic acids is 1. The minimum Gasteiger partial charge on any atom is -0.480 e. The quantitative estimate of drug-likeness (QED) is 0.689. The summed E-state index contributed by atoms with van der Waals surface area (Å²) in [5, 5.41) is 11.6. The molecule has 0 aromatic heterocycles. The molecule has 2 amide bonds. The van der Waals surface area contributed by atoms with E-state index in [0.717, 1.165) is 25.7 Å². The first-order chi connectivity index (χ1) is 8.29. The maximum Gasteiger partial charge on any atom is 0.323 e. The minimum atomic E-state index is -0.994. The van der Waals surface area contributed by atoms with Crippen molar-refractivity contribution in [2.75, 3.05) is 13.1 Å². The van der Waals surface area contributed by atoms with Crippen molar-refractivity contribution in [1.82, 2.24) is 10.2 Å². The Morgan fingerprint density at radius 2 is 1.78 bits per heavy atom. The van der Waals surface area contributed by atoms with E-state index in [1.807, 2.05) is 20.8 Å².